The highest BCUT2D eigenvalue weighted by molar-refractivity contribution is 5.65. The molecule has 0 rings (SSSR count). The van der Waals surface area contributed by atoms with E-state index >= 15 is 0 Å². The van der Waals surface area contributed by atoms with Crippen molar-refractivity contribution in [2.75, 3.05) is 40.1 Å². The summed E-state index contributed by atoms with van der Waals surface area (Å²) in [5, 5.41) is 16.2. The van der Waals surface area contributed by atoms with Crippen LogP contribution in [-0.4, -0.2) is 62.3 Å². The minimum atomic E-state index is -0.245. The lowest BCUT2D eigenvalue weighted by Crippen LogP contribution is -2.03. The molecule has 0 fully saturated rings. The molecule has 0 atom stereocenters. The van der Waals surface area contributed by atoms with Gasteiger partial charge < -0.3 is 24.4 Å². The summed E-state index contributed by atoms with van der Waals surface area (Å²) in [6, 6.07) is 0. The Morgan fingerprint density at radius 1 is 1.00 bits per heavy atom. The molecule has 7 heteroatoms. The molecule has 0 aromatic rings. The Kier molecular flexibility index (Phi) is 25.9. The Bertz CT molecular complexity index is 178. The summed E-state index contributed by atoms with van der Waals surface area (Å²) in [6.45, 7) is 5.71. The topological polar surface area (TPSA) is 102 Å². The third kappa shape index (κ3) is 46.3. The Morgan fingerprint density at radius 2 is 1.39 bits per heavy atom. The zero-order valence-electron chi connectivity index (χ0n) is 11.5. The quantitative estimate of drug-likeness (QED) is 0.523. The minimum absolute atomic E-state index is 0.0278. The van der Waals surface area contributed by atoms with E-state index in [4.69, 9.17) is 10.2 Å². The third-order valence-corrected chi connectivity index (χ3v) is 1.11. The van der Waals surface area contributed by atoms with E-state index < -0.39 is 0 Å². The number of hydrogen-bond acceptors (Lipinski definition) is 7. The number of carbonyl (C=O) groups excluding carboxylic acids is 2. The van der Waals surface area contributed by atoms with E-state index in [1.165, 1.54) is 21.0 Å². The van der Waals surface area contributed by atoms with Crippen LogP contribution in [0.5, 0.6) is 0 Å². The Hall–Kier alpha value is -1.18. The summed E-state index contributed by atoms with van der Waals surface area (Å²) in [6.07, 6.45) is 0. The van der Waals surface area contributed by atoms with Gasteiger partial charge in [0.05, 0.1) is 40.1 Å². The van der Waals surface area contributed by atoms with Crippen LogP contribution in [0, 0.1) is 0 Å². The highest BCUT2D eigenvalue weighted by Crippen LogP contribution is 1.69. The normalized spacial score (nSPS) is 8.11. The predicted octanol–water partition coefficient (Wildman–Crippen LogP) is -0.264. The Labute approximate surface area is 108 Å². The molecular weight excluding hydrogens is 244 g/mol. The van der Waals surface area contributed by atoms with Gasteiger partial charge in [-0.3, -0.25) is 9.59 Å². The predicted molar refractivity (Wildman–Crippen MR) is 65.0 cm³/mol. The largest absolute Gasteiger partial charge is 0.469 e. The molecule has 0 bridgehead atoms. The van der Waals surface area contributed by atoms with Gasteiger partial charge in [0, 0.05) is 13.8 Å². The van der Waals surface area contributed by atoms with Crippen molar-refractivity contribution >= 4 is 11.9 Å². The second-order valence-corrected chi connectivity index (χ2v) is 2.68. The number of aliphatic hydroxyl groups excluding tert-OH is 2. The van der Waals surface area contributed by atoms with Crippen molar-refractivity contribution in [3.8, 4) is 0 Å². The van der Waals surface area contributed by atoms with Gasteiger partial charge in [0.1, 0.15) is 0 Å². The number of carbonyl (C=O) groups is 2. The number of hydrogen-bond donors (Lipinski definition) is 2. The van der Waals surface area contributed by atoms with E-state index in [9.17, 15) is 9.59 Å². The van der Waals surface area contributed by atoms with Crippen LogP contribution in [0.2, 0.25) is 0 Å². The van der Waals surface area contributed by atoms with E-state index in [1.54, 1.807) is 6.92 Å². The van der Waals surface area contributed by atoms with Gasteiger partial charge in [-0.15, -0.1) is 0 Å². The number of methoxy groups -OCH3 is 1. The molecule has 0 unspecified atom stereocenters. The maximum atomic E-state index is 9.82. The minimum Gasteiger partial charge on any atom is -0.469 e. The first-order valence-electron chi connectivity index (χ1n) is 5.43. The first kappa shape index (κ1) is 22.0. The van der Waals surface area contributed by atoms with Crippen LogP contribution >= 0.6 is 0 Å². The van der Waals surface area contributed by atoms with Crippen molar-refractivity contribution in [2.45, 2.75) is 20.8 Å². The van der Waals surface area contributed by atoms with E-state index in [-0.39, 0.29) is 25.2 Å². The van der Waals surface area contributed by atoms with Gasteiger partial charge in [-0.1, -0.05) is 0 Å². The lowest BCUT2D eigenvalue weighted by molar-refractivity contribution is -0.140. The van der Waals surface area contributed by atoms with Gasteiger partial charge in [-0.2, -0.15) is 0 Å². The van der Waals surface area contributed by atoms with Gasteiger partial charge in [0.25, 0.3) is 0 Å². The van der Waals surface area contributed by atoms with Crippen molar-refractivity contribution < 1.29 is 34.0 Å². The number of ether oxygens (including phenoxy) is 3. The van der Waals surface area contributed by atoms with Crippen LogP contribution in [0.25, 0.3) is 0 Å². The fraction of sp³-hybridized carbons (Fsp3) is 0.818. The zero-order valence-corrected chi connectivity index (χ0v) is 11.5. The third-order valence-electron chi connectivity index (χ3n) is 1.11. The average Bonchev–Trinajstić information content (AvgIpc) is 2.31. The second kappa shape index (κ2) is 21.1. The molecule has 0 aromatic heterocycles. The maximum Gasteiger partial charge on any atom is 0.302 e. The van der Waals surface area contributed by atoms with Crippen LogP contribution < -0.4 is 0 Å². The smallest absolute Gasteiger partial charge is 0.302 e. The second-order valence-electron chi connectivity index (χ2n) is 2.68. The molecule has 18 heavy (non-hydrogen) atoms. The summed E-state index contributed by atoms with van der Waals surface area (Å²) < 4.78 is 13.1. The maximum absolute atomic E-state index is 9.82. The van der Waals surface area contributed by atoms with Gasteiger partial charge in [-0.05, 0) is 6.92 Å². The van der Waals surface area contributed by atoms with Gasteiger partial charge >= 0.3 is 11.9 Å². The van der Waals surface area contributed by atoms with Gasteiger partial charge in [-0.25, -0.2) is 0 Å². The fourth-order valence-electron chi connectivity index (χ4n) is 0.434. The van der Waals surface area contributed by atoms with Crippen LogP contribution in [0.4, 0.5) is 0 Å². The van der Waals surface area contributed by atoms with Crippen LogP contribution in [-0.2, 0) is 23.8 Å². The standard InChI is InChI=1S/C4H10O3.C4H8O2.C3H6O2/c5-1-3-7-4-2-6;1-3-6-4(2)5;1-3(4)5-2/h5-6H,1-4H2;3H2,1-2H3;1-2H3. The molecular formula is C11H24O7. The number of esters is 2. The van der Waals surface area contributed by atoms with Crippen LogP contribution in [0.15, 0.2) is 0 Å². The van der Waals surface area contributed by atoms with Crippen molar-refractivity contribution in [3.05, 3.63) is 0 Å². The van der Waals surface area contributed by atoms with E-state index in [0.717, 1.165) is 0 Å². The summed E-state index contributed by atoms with van der Waals surface area (Å²) in [5.41, 5.74) is 0. The van der Waals surface area contributed by atoms with Crippen molar-refractivity contribution in [2.24, 2.45) is 0 Å². The van der Waals surface area contributed by atoms with Crippen LogP contribution in [0.3, 0.4) is 0 Å². The zero-order chi connectivity index (χ0) is 14.8. The molecule has 0 aromatic carbocycles. The highest BCUT2D eigenvalue weighted by Gasteiger charge is 1.81. The molecule has 7 nitrogen and oxygen atoms in total. The Morgan fingerprint density at radius 3 is 1.50 bits per heavy atom. The first-order valence-corrected chi connectivity index (χ1v) is 5.43. The molecule has 0 aliphatic carbocycles. The van der Waals surface area contributed by atoms with E-state index in [2.05, 4.69) is 14.2 Å². The summed E-state index contributed by atoms with van der Waals surface area (Å²) in [7, 11) is 1.35. The summed E-state index contributed by atoms with van der Waals surface area (Å²) >= 11 is 0. The molecule has 0 radical (unpaired) electrons. The molecule has 0 amide bonds. The number of rotatable bonds is 5. The average molecular weight is 268 g/mol. The lowest BCUT2D eigenvalue weighted by atomic mass is 10.7. The molecule has 2 N–H and O–H groups in total. The molecule has 0 heterocycles. The number of aliphatic hydroxyl groups is 2. The van der Waals surface area contributed by atoms with Crippen molar-refractivity contribution in [1.29, 1.82) is 0 Å². The summed E-state index contributed by atoms with van der Waals surface area (Å²) in [4.78, 5) is 19.4. The first-order chi connectivity index (χ1) is 8.45. The fourth-order valence-corrected chi connectivity index (χ4v) is 0.434. The van der Waals surface area contributed by atoms with E-state index in [0.29, 0.717) is 19.8 Å². The molecule has 0 saturated carbocycles. The Balaban J connectivity index is -0.000000190. The van der Waals surface area contributed by atoms with Crippen molar-refractivity contribution in [1.82, 2.24) is 0 Å². The monoisotopic (exact) mass is 268 g/mol. The molecule has 0 aliphatic heterocycles. The molecule has 110 valence electrons. The molecule has 0 aliphatic rings. The van der Waals surface area contributed by atoms with Gasteiger partial charge in [0.2, 0.25) is 0 Å². The van der Waals surface area contributed by atoms with E-state index in [1.807, 2.05) is 0 Å². The SMILES string of the molecule is CCOC(C)=O.COC(C)=O.OCCOCCO. The van der Waals surface area contributed by atoms with Crippen LogP contribution in [0.1, 0.15) is 20.8 Å². The highest BCUT2D eigenvalue weighted by atomic mass is 16.5. The lowest BCUT2D eigenvalue weighted by Gasteiger charge is -1.94. The van der Waals surface area contributed by atoms with Crippen molar-refractivity contribution in [3.63, 3.8) is 0 Å². The molecule has 0 spiro atoms. The summed E-state index contributed by atoms with van der Waals surface area (Å²) in [5.74, 6) is -0.456. The van der Waals surface area contributed by atoms with Gasteiger partial charge in [0.15, 0.2) is 0 Å². The molecule has 0 saturated heterocycles.